The van der Waals surface area contributed by atoms with Crippen LogP contribution in [0.2, 0.25) is 0 Å². The van der Waals surface area contributed by atoms with Crippen molar-refractivity contribution in [2.45, 2.75) is 0 Å². The molecular formula is CH4CaCeLaO4. The van der Waals surface area contributed by atoms with Crippen LogP contribution >= 0.6 is 0 Å². The summed E-state index contributed by atoms with van der Waals surface area (Å²) in [5, 5.41) is 13.9. The maximum atomic E-state index is 8.56. The Kier molecular flexibility index (Phi) is 63.2. The van der Waals surface area contributed by atoms with Gasteiger partial charge in [-0.05, 0) is 0 Å². The molecule has 41 valence electrons. The molecule has 2 N–H and O–H groups in total. The first-order chi connectivity index (χ1) is 2.73. The molecule has 8 heavy (non-hydrogen) atoms. The summed E-state index contributed by atoms with van der Waals surface area (Å²) in [4.78, 5) is 8.56. The van der Waals surface area contributed by atoms with Gasteiger partial charge in [0.15, 0.2) is 0 Å². The molecule has 0 saturated carbocycles. The Hall–Kier alpha value is 2.90. The summed E-state index contributed by atoms with van der Waals surface area (Å²) < 4.78 is 8.39. The van der Waals surface area contributed by atoms with Crippen molar-refractivity contribution in [3.05, 3.63) is 0 Å². The predicted molar refractivity (Wildman–Crippen MR) is 19.9 cm³/mol. The first-order valence-electron chi connectivity index (χ1n) is 0.855. The van der Waals surface area contributed by atoms with E-state index in [0.29, 0.717) is 0 Å². The first kappa shape index (κ1) is 22.4. The van der Waals surface area contributed by atoms with Crippen LogP contribution in [0.4, 0.5) is 4.79 Å². The van der Waals surface area contributed by atoms with Crippen molar-refractivity contribution < 1.29 is 91.3 Å². The van der Waals surface area contributed by atoms with E-state index in [1.165, 1.54) is 0 Å². The Bertz CT molecular complexity index is 47.3. The maximum absolute atomic E-state index is 8.56. The zero-order valence-electron chi connectivity index (χ0n) is 3.29. The van der Waals surface area contributed by atoms with Gasteiger partial charge in [-0.1, -0.05) is 0 Å². The predicted octanol–water partition coefficient (Wildman–Crippen LogP) is -0.813. The van der Waals surface area contributed by atoms with Crippen LogP contribution in [0.15, 0.2) is 0 Å². The van der Waals surface area contributed by atoms with Gasteiger partial charge < -0.3 is 10.2 Å². The quantitative estimate of drug-likeness (QED) is 0.523. The van der Waals surface area contributed by atoms with Gasteiger partial charge in [0.25, 0.3) is 0 Å². The van der Waals surface area contributed by atoms with Crippen LogP contribution in [0.3, 0.4) is 0 Å². The zero-order valence-corrected chi connectivity index (χ0v) is 10.1. The summed E-state index contributed by atoms with van der Waals surface area (Å²) in [6, 6.07) is 0. The average molecular weight is 399 g/mol. The normalized spacial score (nSPS) is 3.38. The van der Waals surface area contributed by atoms with Crippen LogP contribution < -0.4 is 0 Å². The summed E-state index contributed by atoms with van der Waals surface area (Å²) in [5.41, 5.74) is 0. The molecule has 0 atom stereocenters. The second kappa shape index (κ2) is 22.5. The Morgan fingerprint density at radius 2 is 1.25 bits per heavy atom. The average Bonchev–Trinajstić information content (AvgIpc) is 1.41. The van der Waals surface area contributed by atoms with E-state index in [9.17, 15) is 0 Å². The van der Waals surface area contributed by atoms with Crippen LogP contribution in [0.1, 0.15) is 0 Å². The second-order valence-electron chi connectivity index (χ2n) is 0.283. The van der Waals surface area contributed by atoms with E-state index in [1.807, 2.05) is 0 Å². The van der Waals surface area contributed by atoms with Gasteiger partial charge in [-0.2, -0.15) is 0 Å². The molecular weight excluding hydrogens is 395 g/mol. The van der Waals surface area contributed by atoms with Crippen LogP contribution in [0.25, 0.3) is 0 Å². The molecule has 1 radical (unpaired) electrons. The fraction of sp³-hybridized carbons (Fsp3) is 0. The van der Waals surface area contributed by atoms with Gasteiger partial charge in [0.2, 0.25) is 0 Å². The van der Waals surface area contributed by atoms with Crippen molar-refractivity contribution in [3.63, 3.8) is 0 Å². The van der Waals surface area contributed by atoms with Crippen molar-refractivity contribution in [3.8, 4) is 0 Å². The van der Waals surface area contributed by atoms with Crippen molar-refractivity contribution in [1.82, 2.24) is 0 Å². The van der Waals surface area contributed by atoms with E-state index < -0.39 is 6.16 Å². The number of rotatable bonds is 0. The van der Waals surface area contributed by atoms with E-state index in [0.717, 1.165) is 0 Å². The minimum absolute atomic E-state index is 0. The van der Waals surface area contributed by atoms with Gasteiger partial charge in [-0.25, -0.2) is 4.79 Å². The molecule has 0 aliphatic carbocycles. The summed E-state index contributed by atoms with van der Waals surface area (Å²) in [6.07, 6.45) is -1.83. The van der Waals surface area contributed by atoms with Crippen molar-refractivity contribution >= 4 is 43.9 Å². The molecule has 0 aliphatic rings. The number of hydrogen-bond donors (Lipinski definition) is 2. The molecule has 0 aromatic rings. The molecule has 0 aromatic carbocycles. The molecule has 0 fully saturated rings. The first-order valence-corrected chi connectivity index (χ1v) is 2.14. The van der Waals surface area contributed by atoms with E-state index in [1.54, 1.807) is 0 Å². The van der Waals surface area contributed by atoms with Crippen molar-refractivity contribution in [2.24, 2.45) is 0 Å². The monoisotopic (exact) mass is 399 g/mol. The standard InChI is InChI=1S/CH2O3.Ca.Ce.La.O.2H/c2-1(3)4;;;;;;/h(H2,2,3,4);;;;;;. The van der Waals surface area contributed by atoms with Crippen LogP contribution in [-0.4, -0.2) is 54.1 Å². The Morgan fingerprint density at radius 3 is 1.25 bits per heavy atom. The summed E-state index contributed by atoms with van der Waals surface area (Å²) in [7, 11) is 0. The summed E-state index contributed by atoms with van der Waals surface area (Å²) >= 11 is 0.0556. The van der Waals surface area contributed by atoms with Gasteiger partial charge in [-0.15, -0.1) is 0 Å². The Balaban J connectivity index is -0.0000000183. The fourth-order valence-corrected chi connectivity index (χ4v) is 0. The second-order valence-corrected chi connectivity index (χ2v) is 0.283. The van der Waals surface area contributed by atoms with Gasteiger partial charge in [-0.3, -0.25) is 0 Å². The fourth-order valence-electron chi connectivity index (χ4n) is 0. The van der Waals surface area contributed by atoms with E-state index in [4.69, 9.17) is 15.9 Å². The SMILES string of the molecule is O=C(O)O.[CaH2].[La].[O]=[Ce]. The molecule has 0 rings (SSSR count). The number of carbonyl (C=O) groups is 1. The molecule has 0 aliphatic heterocycles. The van der Waals surface area contributed by atoms with Crippen LogP contribution in [-0.2, 0) is 0.938 Å². The molecule has 0 amide bonds. The van der Waals surface area contributed by atoms with Crippen LogP contribution in [0, 0.1) is 75.4 Å². The molecule has 0 saturated heterocycles. The van der Waals surface area contributed by atoms with Gasteiger partial charge in [0.1, 0.15) is 0 Å². The molecule has 4 nitrogen and oxygen atoms in total. The minimum atomic E-state index is -1.83. The van der Waals surface area contributed by atoms with Crippen molar-refractivity contribution in [1.29, 1.82) is 0 Å². The van der Waals surface area contributed by atoms with E-state index in [-0.39, 0.29) is 113 Å². The third kappa shape index (κ3) is 66.0. The molecule has 0 spiro atoms. The van der Waals surface area contributed by atoms with Crippen LogP contribution in [0.5, 0.6) is 0 Å². The zero-order chi connectivity index (χ0) is 5.58. The van der Waals surface area contributed by atoms with E-state index in [2.05, 4.69) is 0 Å². The third-order valence-corrected chi connectivity index (χ3v) is 0. The van der Waals surface area contributed by atoms with Gasteiger partial charge >= 0.3 is 84.6 Å². The van der Waals surface area contributed by atoms with Gasteiger partial charge in [0, 0.05) is 35.6 Å². The number of carboxylic acid groups (broad SMARTS) is 2. The van der Waals surface area contributed by atoms with Gasteiger partial charge in [0.05, 0.1) is 0 Å². The Labute approximate surface area is 132 Å². The number of hydrogen-bond acceptors (Lipinski definition) is 2. The molecule has 7 heteroatoms. The topological polar surface area (TPSA) is 74.6 Å². The summed E-state index contributed by atoms with van der Waals surface area (Å²) in [5.74, 6) is 0. The van der Waals surface area contributed by atoms with E-state index >= 15 is 0 Å². The molecule has 0 heterocycles. The molecule has 0 unspecified atom stereocenters. The van der Waals surface area contributed by atoms with Crippen molar-refractivity contribution in [2.75, 3.05) is 0 Å². The summed E-state index contributed by atoms with van der Waals surface area (Å²) in [6.45, 7) is 0. The Morgan fingerprint density at radius 1 is 1.25 bits per heavy atom. The molecule has 0 bridgehead atoms. The third-order valence-electron chi connectivity index (χ3n) is 0. The molecule has 0 aromatic heterocycles.